The van der Waals surface area contributed by atoms with Gasteiger partial charge >= 0.3 is 0 Å². The van der Waals surface area contributed by atoms with Crippen molar-refractivity contribution in [3.63, 3.8) is 0 Å². The molecule has 8 nitrogen and oxygen atoms in total. The lowest BCUT2D eigenvalue weighted by molar-refractivity contribution is -0.384. The van der Waals surface area contributed by atoms with E-state index in [1.54, 1.807) is 24.3 Å². The molecule has 1 atom stereocenters. The summed E-state index contributed by atoms with van der Waals surface area (Å²) in [7, 11) is -3.98. The van der Waals surface area contributed by atoms with E-state index < -0.39 is 26.9 Å². The van der Waals surface area contributed by atoms with Crippen molar-refractivity contribution in [2.45, 2.75) is 30.2 Å². The van der Waals surface area contributed by atoms with Gasteiger partial charge in [-0.1, -0.05) is 30.2 Å². The van der Waals surface area contributed by atoms with Gasteiger partial charge in [-0.2, -0.15) is 4.31 Å². The zero-order valence-electron chi connectivity index (χ0n) is 14.7. The molecule has 2 aromatic carbocycles. The van der Waals surface area contributed by atoms with Crippen LogP contribution in [0.1, 0.15) is 19.3 Å². The number of para-hydroxylation sites is 1. The van der Waals surface area contributed by atoms with Crippen molar-refractivity contribution in [2.75, 3.05) is 11.9 Å². The summed E-state index contributed by atoms with van der Waals surface area (Å²) in [4.78, 5) is 22.9. The van der Waals surface area contributed by atoms with Gasteiger partial charge in [-0.15, -0.1) is 0 Å². The zero-order valence-corrected chi connectivity index (χ0v) is 16.3. The lowest BCUT2D eigenvalue weighted by atomic mass is 10.0. The lowest BCUT2D eigenvalue weighted by Gasteiger charge is -2.33. The van der Waals surface area contributed by atoms with Crippen LogP contribution in [-0.2, 0) is 14.8 Å². The second-order valence-corrected chi connectivity index (χ2v) is 8.65. The molecule has 0 aromatic heterocycles. The van der Waals surface area contributed by atoms with Gasteiger partial charge in [0.15, 0.2) is 0 Å². The molecule has 0 spiro atoms. The Morgan fingerprint density at radius 2 is 1.82 bits per heavy atom. The van der Waals surface area contributed by atoms with Crippen molar-refractivity contribution in [1.82, 2.24) is 4.31 Å². The summed E-state index contributed by atoms with van der Waals surface area (Å²) in [6.45, 7) is 0.194. The minimum absolute atomic E-state index is 0.0875. The Labute approximate surface area is 167 Å². The molecule has 3 rings (SSSR count). The molecule has 148 valence electrons. The maximum absolute atomic E-state index is 13.1. The van der Waals surface area contributed by atoms with Gasteiger partial charge in [0, 0.05) is 18.7 Å². The van der Waals surface area contributed by atoms with Crippen molar-refractivity contribution < 1.29 is 18.1 Å². The van der Waals surface area contributed by atoms with Crippen LogP contribution >= 0.6 is 11.6 Å². The quantitative estimate of drug-likeness (QED) is 0.585. The molecule has 1 aliphatic heterocycles. The molecule has 1 heterocycles. The average molecular weight is 424 g/mol. The molecule has 0 unspecified atom stereocenters. The normalized spacial score (nSPS) is 17.8. The first kappa shape index (κ1) is 20.2. The van der Waals surface area contributed by atoms with Crippen LogP contribution < -0.4 is 5.32 Å². The number of hydrogen-bond acceptors (Lipinski definition) is 5. The number of nitro benzene ring substituents is 1. The van der Waals surface area contributed by atoms with Gasteiger partial charge in [-0.25, -0.2) is 8.42 Å². The van der Waals surface area contributed by atoms with E-state index in [0.29, 0.717) is 30.0 Å². The van der Waals surface area contributed by atoms with Crippen LogP contribution in [0.2, 0.25) is 5.02 Å². The van der Waals surface area contributed by atoms with E-state index in [4.69, 9.17) is 11.6 Å². The second-order valence-electron chi connectivity index (χ2n) is 6.35. The fourth-order valence-corrected chi connectivity index (χ4v) is 4.95. The van der Waals surface area contributed by atoms with Crippen molar-refractivity contribution in [1.29, 1.82) is 0 Å². The SMILES string of the molecule is O=C(Nc1ccccc1Cl)[C@H]1CCCCN1S(=O)(=O)c1ccc([N+](=O)[O-])cc1. The number of nitrogens with zero attached hydrogens (tertiary/aromatic N) is 2. The first-order valence-electron chi connectivity index (χ1n) is 8.62. The Hall–Kier alpha value is -2.49. The van der Waals surface area contributed by atoms with Crippen molar-refractivity contribution in [3.05, 3.63) is 63.7 Å². The number of hydrogen-bond donors (Lipinski definition) is 1. The number of halogens is 1. The third-order valence-corrected chi connectivity index (χ3v) is 6.79. The molecule has 1 fully saturated rings. The van der Waals surface area contributed by atoms with Gasteiger partial charge < -0.3 is 5.32 Å². The highest BCUT2D eigenvalue weighted by Crippen LogP contribution is 2.28. The number of nitrogens with one attached hydrogen (secondary N) is 1. The van der Waals surface area contributed by atoms with Gasteiger partial charge in [0.2, 0.25) is 15.9 Å². The minimum atomic E-state index is -3.98. The van der Waals surface area contributed by atoms with E-state index in [0.717, 1.165) is 16.4 Å². The number of anilines is 1. The molecule has 0 radical (unpaired) electrons. The number of nitro groups is 1. The molecule has 1 amide bonds. The number of carbonyl (C=O) groups is 1. The maximum atomic E-state index is 13.1. The molecule has 1 saturated heterocycles. The molecular weight excluding hydrogens is 406 g/mol. The van der Waals surface area contributed by atoms with E-state index in [9.17, 15) is 23.3 Å². The number of piperidine rings is 1. The summed E-state index contributed by atoms with van der Waals surface area (Å²) in [6.07, 6.45) is 1.72. The topological polar surface area (TPSA) is 110 Å². The molecule has 0 aliphatic carbocycles. The Morgan fingerprint density at radius 3 is 2.46 bits per heavy atom. The molecule has 10 heteroatoms. The van der Waals surface area contributed by atoms with Gasteiger partial charge in [-0.05, 0) is 37.1 Å². The van der Waals surface area contributed by atoms with Crippen LogP contribution in [0, 0.1) is 10.1 Å². The minimum Gasteiger partial charge on any atom is -0.323 e. The van der Waals surface area contributed by atoms with Crippen LogP contribution in [0.5, 0.6) is 0 Å². The Kier molecular flexibility index (Phi) is 5.97. The second kappa shape index (κ2) is 8.26. The van der Waals surface area contributed by atoms with Crippen molar-refractivity contribution in [3.8, 4) is 0 Å². The molecule has 28 heavy (non-hydrogen) atoms. The lowest BCUT2D eigenvalue weighted by Crippen LogP contribution is -2.49. The number of benzene rings is 2. The number of carbonyl (C=O) groups excluding carboxylic acids is 1. The number of non-ortho nitro benzene ring substituents is 1. The highest BCUT2D eigenvalue weighted by Gasteiger charge is 2.37. The number of amides is 1. The molecule has 1 aliphatic rings. The summed E-state index contributed by atoms with van der Waals surface area (Å²) < 4.78 is 27.3. The maximum Gasteiger partial charge on any atom is 0.269 e. The van der Waals surface area contributed by atoms with Crippen LogP contribution in [0.15, 0.2) is 53.4 Å². The molecule has 1 N–H and O–H groups in total. The Bertz CT molecular complexity index is 995. The molecular formula is C18H18ClN3O5S. The fourth-order valence-electron chi connectivity index (χ4n) is 3.11. The van der Waals surface area contributed by atoms with E-state index in [1.807, 2.05) is 0 Å². The van der Waals surface area contributed by atoms with Gasteiger partial charge in [0.05, 0.1) is 20.5 Å². The first-order chi connectivity index (χ1) is 13.3. The predicted molar refractivity (Wildman–Crippen MR) is 105 cm³/mol. The van der Waals surface area contributed by atoms with Gasteiger partial charge in [0.1, 0.15) is 6.04 Å². The summed E-state index contributed by atoms with van der Waals surface area (Å²) in [5.41, 5.74) is 0.207. The summed E-state index contributed by atoms with van der Waals surface area (Å²) in [6, 6.07) is 10.5. The summed E-state index contributed by atoms with van der Waals surface area (Å²) >= 11 is 6.07. The third kappa shape index (κ3) is 4.16. The predicted octanol–water partition coefficient (Wildman–Crippen LogP) is 3.43. The Balaban J connectivity index is 1.86. The molecule has 0 saturated carbocycles. The highest BCUT2D eigenvalue weighted by molar-refractivity contribution is 7.89. The molecule has 0 bridgehead atoms. The molecule has 2 aromatic rings. The van der Waals surface area contributed by atoms with Crippen LogP contribution in [0.4, 0.5) is 11.4 Å². The van der Waals surface area contributed by atoms with Crippen molar-refractivity contribution >= 4 is 38.9 Å². The van der Waals surface area contributed by atoms with Gasteiger partial charge in [0.25, 0.3) is 5.69 Å². The van der Waals surface area contributed by atoms with E-state index >= 15 is 0 Å². The third-order valence-electron chi connectivity index (χ3n) is 4.54. The number of rotatable bonds is 5. The smallest absolute Gasteiger partial charge is 0.269 e. The van der Waals surface area contributed by atoms with Crippen molar-refractivity contribution in [2.24, 2.45) is 0 Å². The largest absolute Gasteiger partial charge is 0.323 e. The van der Waals surface area contributed by atoms with E-state index in [-0.39, 0.29) is 17.1 Å². The van der Waals surface area contributed by atoms with E-state index in [2.05, 4.69) is 5.32 Å². The summed E-state index contributed by atoms with van der Waals surface area (Å²) in [5, 5.41) is 13.8. The summed E-state index contributed by atoms with van der Waals surface area (Å²) in [5.74, 6) is -0.460. The standard InChI is InChI=1S/C18H18ClN3O5S/c19-15-5-1-2-6-16(15)20-18(23)17-7-3-4-12-21(17)28(26,27)14-10-8-13(9-11-14)22(24)25/h1-2,5-6,8-11,17H,3-4,7,12H2,(H,20,23)/t17-/m1/s1. The van der Waals surface area contributed by atoms with Crippen LogP contribution in [0.3, 0.4) is 0 Å². The van der Waals surface area contributed by atoms with Crippen LogP contribution in [0.25, 0.3) is 0 Å². The fraction of sp³-hybridized carbons (Fsp3) is 0.278. The first-order valence-corrected chi connectivity index (χ1v) is 10.4. The number of sulfonamides is 1. The van der Waals surface area contributed by atoms with Gasteiger partial charge in [-0.3, -0.25) is 14.9 Å². The zero-order chi connectivity index (χ0) is 20.3. The average Bonchev–Trinajstić information content (AvgIpc) is 2.69. The highest BCUT2D eigenvalue weighted by atomic mass is 35.5. The van der Waals surface area contributed by atoms with E-state index in [1.165, 1.54) is 12.1 Å². The Morgan fingerprint density at radius 1 is 1.14 bits per heavy atom. The monoisotopic (exact) mass is 423 g/mol. The van der Waals surface area contributed by atoms with Crippen LogP contribution in [-0.4, -0.2) is 36.1 Å².